The van der Waals surface area contributed by atoms with Gasteiger partial charge in [0.25, 0.3) is 0 Å². The van der Waals surface area contributed by atoms with Gasteiger partial charge in [0.1, 0.15) is 0 Å². The Morgan fingerprint density at radius 3 is 2.19 bits per heavy atom. The number of carbonyl (C=O) groups is 1. The van der Waals surface area contributed by atoms with E-state index >= 15 is 0 Å². The summed E-state index contributed by atoms with van der Waals surface area (Å²) in [6.45, 7) is 3.05. The van der Waals surface area contributed by atoms with Crippen LogP contribution in [0.25, 0.3) is 0 Å². The Morgan fingerprint density at radius 1 is 1.48 bits per heavy atom. The minimum absolute atomic E-state index is 0. The van der Waals surface area contributed by atoms with Crippen molar-refractivity contribution in [1.29, 1.82) is 5.41 Å². The lowest BCUT2D eigenvalue weighted by Crippen LogP contribution is -2.02. The summed E-state index contributed by atoms with van der Waals surface area (Å²) < 4.78 is 4.81. The molecule has 0 radical (unpaired) electrons. The quantitative estimate of drug-likeness (QED) is 0.321. The molecule has 1 heterocycles. The number of nitrogens with one attached hydrogen (secondary N) is 1. The molecule has 8 N–H and O–H groups in total. The lowest BCUT2D eigenvalue weighted by atomic mass is 10.1. The highest BCUT2D eigenvalue weighted by Gasteiger charge is 2.09. The minimum atomic E-state index is -0.176. The fraction of sp³-hybridized carbons (Fsp3) is 0.385. The van der Waals surface area contributed by atoms with Crippen molar-refractivity contribution >= 4 is 24.8 Å². The number of thiol groups is 1. The molecule has 2 rings (SSSR count). The molecule has 0 spiro atoms. The van der Waals surface area contributed by atoms with Crippen LogP contribution in [0.2, 0.25) is 0 Å². The lowest BCUT2D eigenvalue weighted by molar-refractivity contribution is -0.106. The van der Waals surface area contributed by atoms with Crippen LogP contribution in [0.4, 0.5) is 0 Å². The van der Waals surface area contributed by atoms with Gasteiger partial charge in [-0.05, 0) is 31.0 Å². The highest BCUT2D eigenvalue weighted by molar-refractivity contribution is 7.80. The van der Waals surface area contributed by atoms with Gasteiger partial charge in [0.05, 0.1) is 12.7 Å². The maximum atomic E-state index is 8.60. The molecule has 8 heteroatoms. The van der Waals surface area contributed by atoms with Crippen LogP contribution in [0.15, 0.2) is 29.2 Å². The Bertz CT molecular complexity index is 387. The molecule has 1 fully saturated rings. The van der Waals surface area contributed by atoms with Gasteiger partial charge in [-0.1, -0.05) is 12.1 Å². The Kier molecular flexibility index (Phi) is 17.5. The van der Waals surface area contributed by atoms with Gasteiger partial charge in [-0.2, -0.15) is 0 Å². The van der Waals surface area contributed by atoms with Gasteiger partial charge in [0.2, 0.25) is 6.41 Å². The molecule has 1 amide bonds. The van der Waals surface area contributed by atoms with Crippen molar-refractivity contribution in [2.24, 2.45) is 5.73 Å². The Morgan fingerprint density at radius 2 is 1.95 bits per heavy atom. The van der Waals surface area contributed by atoms with E-state index in [0.717, 1.165) is 23.5 Å². The van der Waals surface area contributed by atoms with E-state index in [1.54, 1.807) is 6.92 Å². The fourth-order valence-corrected chi connectivity index (χ4v) is 1.38. The molecule has 1 aliphatic heterocycles. The van der Waals surface area contributed by atoms with Gasteiger partial charge >= 0.3 is 0 Å². The highest BCUT2D eigenvalue weighted by atomic mass is 32.1. The Balaban J connectivity index is -0.000000118. The first-order valence-corrected chi connectivity index (χ1v) is 6.21. The van der Waals surface area contributed by atoms with E-state index in [4.69, 9.17) is 20.0 Å². The zero-order chi connectivity index (χ0) is 14.7. The first-order valence-electron chi connectivity index (χ1n) is 5.77. The number of ether oxygens (including phenoxy) is 1. The first-order chi connectivity index (χ1) is 9.01. The van der Waals surface area contributed by atoms with Crippen molar-refractivity contribution < 1.29 is 27.0 Å². The molecule has 1 aromatic carbocycles. The summed E-state index contributed by atoms with van der Waals surface area (Å²) in [4.78, 5) is 9.52. The predicted molar refractivity (Wildman–Crippen MR) is 87.2 cm³/mol. The lowest BCUT2D eigenvalue weighted by Gasteiger charge is -1.96. The maximum absolute atomic E-state index is 8.60. The van der Waals surface area contributed by atoms with Crippen molar-refractivity contribution in [2.45, 2.75) is 24.3 Å². The molecule has 7 nitrogen and oxygen atoms in total. The topological polar surface area (TPSA) is 159 Å². The average molecular weight is 322 g/mol. The number of hydrogen-bond acceptors (Lipinski definition) is 5. The van der Waals surface area contributed by atoms with Crippen LogP contribution in [-0.4, -0.2) is 47.5 Å². The molecule has 124 valence electrons. The number of benzene rings is 1. The zero-order valence-corrected chi connectivity index (χ0v) is 12.8. The van der Waals surface area contributed by atoms with E-state index in [-0.39, 0.29) is 24.9 Å². The van der Waals surface area contributed by atoms with Crippen molar-refractivity contribution in [3.63, 3.8) is 0 Å². The predicted octanol–water partition coefficient (Wildman–Crippen LogP) is -0.171. The van der Waals surface area contributed by atoms with E-state index in [0.29, 0.717) is 12.3 Å². The summed E-state index contributed by atoms with van der Waals surface area (Å²) in [6.07, 6.45) is 0.894. The molecule has 21 heavy (non-hydrogen) atoms. The largest absolute Gasteiger partial charge is 0.412 e. The van der Waals surface area contributed by atoms with Crippen LogP contribution < -0.4 is 5.73 Å². The number of amides is 1. The molecule has 0 bridgehead atoms. The molecule has 1 aromatic rings. The third kappa shape index (κ3) is 13.3. The van der Waals surface area contributed by atoms with Crippen LogP contribution in [0.3, 0.4) is 0 Å². The van der Waals surface area contributed by atoms with E-state index in [2.05, 4.69) is 18.4 Å². The maximum Gasteiger partial charge on any atom is 0.204 e. The molecule has 1 atom stereocenters. The van der Waals surface area contributed by atoms with Crippen molar-refractivity contribution in [2.75, 3.05) is 13.2 Å². The summed E-state index contributed by atoms with van der Waals surface area (Å²) >= 11 is 4.13. The number of rotatable bonds is 1. The molecular weight excluding hydrogens is 296 g/mol. The number of carbonyl (C=O) groups excluding carboxylic acids is 1. The summed E-state index contributed by atoms with van der Waals surface area (Å²) in [6, 6.07) is 7.56. The fourth-order valence-electron chi connectivity index (χ4n) is 1.23. The van der Waals surface area contributed by atoms with Crippen molar-refractivity contribution in [3.05, 3.63) is 29.8 Å². The summed E-state index contributed by atoms with van der Waals surface area (Å²) in [5, 5.41) is 15.9. The molecule has 0 aliphatic carbocycles. The monoisotopic (exact) mass is 322 g/mol. The zero-order valence-electron chi connectivity index (χ0n) is 11.9. The van der Waals surface area contributed by atoms with Crippen LogP contribution in [0.5, 0.6) is 0 Å². The number of nitrogens with two attached hydrogens (primary N) is 1. The van der Waals surface area contributed by atoms with Gasteiger partial charge in [-0.3, -0.25) is 4.79 Å². The Labute approximate surface area is 131 Å². The summed E-state index contributed by atoms with van der Waals surface area (Å²) in [7, 11) is 0. The molecule has 0 unspecified atom stereocenters. The first kappa shape index (κ1) is 24.6. The molecule has 1 saturated heterocycles. The smallest absolute Gasteiger partial charge is 0.204 e. The summed E-state index contributed by atoms with van der Waals surface area (Å²) in [5.74, 6) is 0. The Hall–Kier alpha value is -1.45. The van der Waals surface area contributed by atoms with Gasteiger partial charge in [0, 0.05) is 18.6 Å². The average Bonchev–Trinajstić information content (AvgIpc) is 2.83. The number of hydrogen-bond donors (Lipinski definition) is 4. The third-order valence-corrected chi connectivity index (χ3v) is 2.50. The van der Waals surface area contributed by atoms with Gasteiger partial charge in [-0.25, -0.2) is 0 Å². The van der Waals surface area contributed by atoms with Crippen molar-refractivity contribution in [3.8, 4) is 0 Å². The molecule has 0 saturated carbocycles. The van der Waals surface area contributed by atoms with E-state index in [1.165, 1.54) is 0 Å². The second-order valence-electron chi connectivity index (χ2n) is 3.83. The molecule has 0 aromatic heterocycles. The van der Waals surface area contributed by atoms with E-state index < -0.39 is 0 Å². The third-order valence-electron chi connectivity index (χ3n) is 2.21. The van der Waals surface area contributed by atoms with Crippen LogP contribution >= 0.6 is 12.6 Å². The number of aliphatic hydroxyl groups is 1. The van der Waals surface area contributed by atoms with Gasteiger partial charge in [0.15, 0.2) is 0 Å². The minimum Gasteiger partial charge on any atom is -0.412 e. The van der Waals surface area contributed by atoms with Crippen molar-refractivity contribution in [1.82, 2.24) is 0 Å². The molecule has 1 aliphatic rings. The highest BCUT2D eigenvalue weighted by Crippen LogP contribution is 2.07. The SMILES string of the molecule is CC(=N)c1ccc(S)cc1.NC=O.O.O.O[C@@H]1CCOC1.[HH]. The van der Waals surface area contributed by atoms with Gasteiger partial charge in [-0.15, -0.1) is 12.6 Å². The standard InChI is InChI=1S/C8H9NS.C4H8O2.CH3NO.2H2O.H2/c1-6(9)7-2-4-8(10)5-3-7;5-4-1-2-6-3-4;2-1-3;;;/h2-5,9-10H,1H3;4-5H,1-3H2;1H,(H2,2,3);2*1H2;1H/t;4-;;;;/m.1..../s1. The second-order valence-corrected chi connectivity index (χ2v) is 4.34. The number of aliphatic hydroxyl groups excluding tert-OH is 1. The second kappa shape index (κ2) is 14.9. The summed E-state index contributed by atoms with van der Waals surface area (Å²) in [5.41, 5.74) is 5.71. The normalized spacial score (nSPS) is 14.9. The van der Waals surface area contributed by atoms with Gasteiger partial charge < -0.3 is 31.9 Å². The van der Waals surface area contributed by atoms with Crippen LogP contribution in [-0.2, 0) is 9.53 Å². The van der Waals surface area contributed by atoms with Crippen LogP contribution in [0, 0.1) is 5.41 Å². The van der Waals surface area contributed by atoms with E-state index in [1.807, 2.05) is 24.3 Å². The molecular formula is C13H26N2O5S. The number of primary amides is 1. The van der Waals surface area contributed by atoms with Crippen LogP contribution in [0.1, 0.15) is 20.3 Å². The van der Waals surface area contributed by atoms with E-state index in [9.17, 15) is 0 Å².